The van der Waals surface area contributed by atoms with E-state index >= 15 is 0 Å². The van der Waals surface area contributed by atoms with E-state index in [0.29, 0.717) is 6.04 Å². The average molecular weight is 185 g/mol. The van der Waals surface area contributed by atoms with Crippen molar-refractivity contribution in [2.45, 2.75) is 72.4 Å². The molecule has 0 aliphatic heterocycles. The molecule has 1 N–H and O–H groups in total. The molecule has 0 aromatic rings. The molecule has 1 atom stereocenters. The minimum atomic E-state index is 0.261. The van der Waals surface area contributed by atoms with E-state index in [1.54, 1.807) is 0 Å². The van der Waals surface area contributed by atoms with Crippen LogP contribution in [0.4, 0.5) is 0 Å². The molecule has 0 amide bonds. The molecule has 1 nitrogen and oxygen atoms in total. The molecule has 0 aromatic heterocycles. The second-order valence-corrected chi connectivity index (χ2v) is 5.62. The van der Waals surface area contributed by atoms with Gasteiger partial charge in [0, 0.05) is 11.6 Å². The Bertz CT molecular complexity index is 122. The van der Waals surface area contributed by atoms with Crippen LogP contribution in [0, 0.1) is 5.92 Å². The zero-order valence-electron chi connectivity index (χ0n) is 10.3. The SMILES string of the molecule is CC(C)CCCC(C)NC(C)(C)C. The molecule has 0 spiro atoms. The van der Waals surface area contributed by atoms with E-state index in [2.05, 4.69) is 46.9 Å². The van der Waals surface area contributed by atoms with Crippen molar-refractivity contribution in [2.75, 3.05) is 0 Å². The summed E-state index contributed by atoms with van der Waals surface area (Å²) in [6.45, 7) is 13.6. The van der Waals surface area contributed by atoms with Crippen LogP contribution in [-0.2, 0) is 0 Å². The first-order valence-corrected chi connectivity index (χ1v) is 5.59. The van der Waals surface area contributed by atoms with Crippen LogP contribution in [0.15, 0.2) is 0 Å². The van der Waals surface area contributed by atoms with Crippen molar-refractivity contribution in [1.29, 1.82) is 0 Å². The fourth-order valence-corrected chi connectivity index (χ4v) is 1.64. The molecule has 80 valence electrons. The molecule has 0 rings (SSSR count). The van der Waals surface area contributed by atoms with E-state index in [4.69, 9.17) is 0 Å². The lowest BCUT2D eigenvalue weighted by Crippen LogP contribution is -2.42. The fourth-order valence-electron chi connectivity index (χ4n) is 1.64. The smallest absolute Gasteiger partial charge is 0.00989 e. The second-order valence-electron chi connectivity index (χ2n) is 5.62. The third-order valence-electron chi connectivity index (χ3n) is 2.10. The Hall–Kier alpha value is -0.0400. The first-order chi connectivity index (χ1) is 5.81. The Labute approximate surface area is 84.3 Å². The van der Waals surface area contributed by atoms with Crippen molar-refractivity contribution in [3.05, 3.63) is 0 Å². The van der Waals surface area contributed by atoms with E-state index in [9.17, 15) is 0 Å². The molecular formula is C12H27N. The Balaban J connectivity index is 3.46. The molecular weight excluding hydrogens is 158 g/mol. The molecule has 0 saturated carbocycles. The van der Waals surface area contributed by atoms with E-state index in [1.165, 1.54) is 19.3 Å². The van der Waals surface area contributed by atoms with Gasteiger partial charge in [-0.3, -0.25) is 0 Å². The van der Waals surface area contributed by atoms with Gasteiger partial charge in [0.05, 0.1) is 0 Å². The third kappa shape index (κ3) is 9.88. The largest absolute Gasteiger partial charge is 0.310 e. The minimum Gasteiger partial charge on any atom is -0.310 e. The van der Waals surface area contributed by atoms with Gasteiger partial charge in [0.15, 0.2) is 0 Å². The predicted octanol–water partition coefficient (Wildman–Crippen LogP) is 3.59. The maximum atomic E-state index is 3.59. The molecule has 0 fully saturated rings. The number of hydrogen-bond acceptors (Lipinski definition) is 1. The predicted molar refractivity (Wildman–Crippen MR) is 61.0 cm³/mol. The lowest BCUT2D eigenvalue weighted by molar-refractivity contribution is 0.349. The van der Waals surface area contributed by atoms with Crippen LogP contribution in [0.2, 0.25) is 0 Å². The summed E-state index contributed by atoms with van der Waals surface area (Å²) >= 11 is 0. The fraction of sp³-hybridized carbons (Fsp3) is 1.00. The van der Waals surface area contributed by atoms with Crippen LogP contribution in [0.1, 0.15) is 60.8 Å². The van der Waals surface area contributed by atoms with Crippen LogP contribution in [0.25, 0.3) is 0 Å². The highest BCUT2D eigenvalue weighted by Crippen LogP contribution is 2.10. The summed E-state index contributed by atoms with van der Waals surface area (Å²) in [5, 5.41) is 3.59. The van der Waals surface area contributed by atoms with Gasteiger partial charge in [0.1, 0.15) is 0 Å². The van der Waals surface area contributed by atoms with Crippen molar-refractivity contribution in [2.24, 2.45) is 5.92 Å². The molecule has 0 radical (unpaired) electrons. The van der Waals surface area contributed by atoms with Gasteiger partial charge in [0.25, 0.3) is 0 Å². The summed E-state index contributed by atoms with van der Waals surface area (Å²) in [6.07, 6.45) is 4.01. The van der Waals surface area contributed by atoms with Crippen molar-refractivity contribution in [3.8, 4) is 0 Å². The highest BCUT2D eigenvalue weighted by Gasteiger charge is 2.12. The van der Waals surface area contributed by atoms with Crippen LogP contribution < -0.4 is 5.32 Å². The van der Waals surface area contributed by atoms with Gasteiger partial charge in [-0.05, 0) is 40.0 Å². The maximum Gasteiger partial charge on any atom is 0.00989 e. The summed E-state index contributed by atoms with van der Waals surface area (Å²) < 4.78 is 0. The summed E-state index contributed by atoms with van der Waals surface area (Å²) in [6, 6.07) is 0.652. The van der Waals surface area contributed by atoms with Gasteiger partial charge in [-0.15, -0.1) is 0 Å². The first-order valence-electron chi connectivity index (χ1n) is 5.59. The zero-order chi connectivity index (χ0) is 10.5. The quantitative estimate of drug-likeness (QED) is 0.690. The lowest BCUT2D eigenvalue weighted by Gasteiger charge is -2.26. The summed E-state index contributed by atoms with van der Waals surface area (Å²) in [4.78, 5) is 0. The topological polar surface area (TPSA) is 12.0 Å². The Morgan fingerprint density at radius 3 is 1.92 bits per heavy atom. The monoisotopic (exact) mass is 185 g/mol. The molecule has 1 unspecified atom stereocenters. The minimum absolute atomic E-state index is 0.261. The van der Waals surface area contributed by atoms with Crippen LogP contribution >= 0.6 is 0 Å². The molecule has 0 aliphatic carbocycles. The van der Waals surface area contributed by atoms with Crippen molar-refractivity contribution in [3.63, 3.8) is 0 Å². The third-order valence-corrected chi connectivity index (χ3v) is 2.10. The molecule has 0 heterocycles. The van der Waals surface area contributed by atoms with Crippen LogP contribution in [0.5, 0.6) is 0 Å². The van der Waals surface area contributed by atoms with Gasteiger partial charge in [-0.1, -0.05) is 26.7 Å². The summed E-state index contributed by atoms with van der Waals surface area (Å²) in [7, 11) is 0. The standard InChI is InChI=1S/C12H27N/c1-10(2)8-7-9-11(3)13-12(4,5)6/h10-11,13H,7-9H2,1-6H3. The average Bonchev–Trinajstić information content (AvgIpc) is 1.81. The second kappa shape index (κ2) is 5.64. The highest BCUT2D eigenvalue weighted by molar-refractivity contribution is 4.75. The molecule has 13 heavy (non-hydrogen) atoms. The lowest BCUT2D eigenvalue weighted by atomic mass is 10.0. The highest BCUT2D eigenvalue weighted by atomic mass is 15.0. The van der Waals surface area contributed by atoms with Gasteiger partial charge in [-0.25, -0.2) is 0 Å². The van der Waals surface area contributed by atoms with Gasteiger partial charge in [-0.2, -0.15) is 0 Å². The van der Waals surface area contributed by atoms with Crippen molar-refractivity contribution >= 4 is 0 Å². The molecule has 1 heteroatoms. The maximum absolute atomic E-state index is 3.59. The Morgan fingerprint density at radius 1 is 1.00 bits per heavy atom. The zero-order valence-corrected chi connectivity index (χ0v) is 10.3. The molecule has 0 aromatic carbocycles. The van der Waals surface area contributed by atoms with E-state index < -0.39 is 0 Å². The van der Waals surface area contributed by atoms with Crippen LogP contribution in [0.3, 0.4) is 0 Å². The molecule has 0 aliphatic rings. The van der Waals surface area contributed by atoms with Crippen molar-refractivity contribution in [1.82, 2.24) is 5.32 Å². The van der Waals surface area contributed by atoms with E-state index in [-0.39, 0.29) is 5.54 Å². The van der Waals surface area contributed by atoms with Gasteiger partial charge in [0.2, 0.25) is 0 Å². The normalized spacial score (nSPS) is 15.0. The number of rotatable bonds is 5. The van der Waals surface area contributed by atoms with Crippen LogP contribution in [-0.4, -0.2) is 11.6 Å². The molecule has 0 bridgehead atoms. The Kier molecular flexibility index (Phi) is 5.62. The molecule has 0 saturated heterocycles. The van der Waals surface area contributed by atoms with Gasteiger partial charge < -0.3 is 5.32 Å². The van der Waals surface area contributed by atoms with E-state index in [0.717, 1.165) is 5.92 Å². The Morgan fingerprint density at radius 2 is 1.54 bits per heavy atom. The van der Waals surface area contributed by atoms with E-state index in [1.807, 2.05) is 0 Å². The summed E-state index contributed by atoms with van der Waals surface area (Å²) in [5.41, 5.74) is 0.261. The number of nitrogens with one attached hydrogen (secondary N) is 1. The van der Waals surface area contributed by atoms with Gasteiger partial charge >= 0.3 is 0 Å². The summed E-state index contributed by atoms with van der Waals surface area (Å²) in [5.74, 6) is 0.849. The van der Waals surface area contributed by atoms with Crippen molar-refractivity contribution < 1.29 is 0 Å². The number of hydrogen-bond donors (Lipinski definition) is 1. The first kappa shape index (κ1) is 13.0.